The Hall–Kier alpha value is -1.64. The summed E-state index contributed by atoms with van der Waals surface area (Å²) < 4.78 is 0. The topological polar surface area (TPSA) is 45.8 Å². The Morgan fingerprint density at radius 1 is 1.58 bits per heavy atom. The van der Waals surface area contributed by atoms with Gasteiger partial charge in [-0.15, -0.1) is 0 Å². The Morgan fingerprint density at radius 2 is 2.42 bits per heavy atom. The molecule has 2 aromatic rings. The smallest absolute Gasteiger partial charge is 0.175 e. The Labute approximate surface area is 69.4 Å². The molecule has 0 saturated carbocycles. The van der Waals surface area contributed by atoms with Gasteiger partial charge in [0.1, 0.15) is 0 Å². The van der Waals surface area contributed by atoms with Crippen LogP contribution in [0.1, 0.15) is 17.4 Å². The van der Waals surface area contributed by atoms with Crippen LogP contribution < -0.4 is 0 Å². The van der Waals surface area contributed by atoms with E-state index in [0.717, 1.165) is 10.9 Å². The molecule has 0 spiro atoms. The zero-order valence-electron chi connectivity index (χ0n) is 6.66. The number of hydrogen-bond donors (Lipinski definition) is 1. The summed E-state index contributed by atoms with van der Waals surface area (Å²) in [6.07, 6.45) is 3.43. The van der Waals surface area contributed by atoms with Gasteiger partial charge in [-0.25, -0.2) is 0 Å². The van der Waals surface area contributed by atoms with E-state index in [1.807, 2.05) is 12.1 Å². The summed E-state index contributed by atoms with van der Waals surface area (Å²) >= 11 is 0. The molecule has 2 aromatic heterocycles. The highest BCUT2D eigenvalue weighted by Crippen LogP contribution is 2.13. The summed E-state index contributed by atoms with van der Waals surface area (Å²) in [7, 11) is 0. The summed E-state index contributed by atoms with van der Waals surface area (Å²) in [5.74, 6) is 0.0474. The van der Waals surface area contributed by atoms with Crippen LogP contribution in [0.5, 0.6) is 0 Å². The van der Waals surface area contributed by atoms with E-state index in [1.165, 1.54) is 6.92 Å². The van der Waals surface area contributed by atoms with Gasteiger partial charge in [-0.3, -0.25) is 9.78 Å². The molecule has 1 N–H and O–H groups in total. The normalized spacial score (nSPS) is 10.4. The summed E-state index contributed by atoms with van der Waals surface area (Å²) in [4.78, 5) is 17.9. The molecule has 12 heavy (non-hydrogen) atoms. The molecule has 0 saturated heterocycles. The van der Waals surface area contributed by atoms with E-state index in [2.05, 4.69) is 9.97 Å². The fourth-order valence-corrected chi connectivity index (χ4v) is 1.16. The highest BCUT2D eigenvalue weighted by Gasteiger charge is 2.02. The van der Waals surface area contributed by atoms with E-state index in [-0.39, 0.29) is 5.78 Å². The van der Waals surface area contributed by atoms with Gasteiger partial charge >= 0.3 is 0 Å². The first-order valence-electron chi connectivity index (χ1n) is 3.71. The fourth-order valence-electron chi connectivity index (χ4n) is 1.16. The number of aromatic amines is 1. The molecule has 0 aliphatic carbocycles. The lowest BCUT2D eigenvalue weighted by molar-refractivity contribution is 0.101. The minimum atomic E-state index is 0.0474. The monoisotopic (exact) mass is 160 g/mol. The standard InChI is InChI=1S/C9H8N2O/c1-6(12)9-4-7-5-10-3-2-8(7)11-9/h2-5,11H,1H3. The third kappa shape index (κ3) is 0.993. The molecule has 2 rings (SSSR count). The number of H-pyrrole nitrogens is 1. The molecule has 0 aliphatic heterocycles. The van der Waals surface area contributed by atoms with E-state index >= 15 is 0 Å². The maximum atomic E-state index is 11.0. The number of fused-ring (bicyclic) bond motifs is 1. The fraction of sp³-hybridized carbons (Fsp3) is 0.111. The zero-order valence-corrected chi connectivity index (χ0v) is 6.66. The van der Waals surface area contributed by atoms with Crippen molar-refractivity contribution in [1.82, 2.24) is 9.97 Å². The molecular weight excluding hydrogens is 152 g/mol. The van der Waals surface area contributed by atoms with E-state index in [9.17, 15) is 4.79 Å². The first kappa shape index (κ1) is 7.03. The number of aromatic nitrogens is 2. The molecule has 0 radical (unpaired) electrons. The van der Waals surface area contributed by atoms with Crippen LogP contribution in [-0.2, 0) is 0 Å². The predicted molar refractivity (Wildman–Crippen MR) is 46.1 cm³/mol. The second-order valence-corrected chi connectivity index (χ2v) is 2.70. The second-order valence-electron chi connectivity index (χ2n) is 2.70. The lowest BCUT2D eigenvalue weighted by atomic mass is 10.3. The average molecular weight is 160 g/mol. The van der Waals surface area contributed by atoms with E-state index in [4.69, 9.17) is 0 Å². The van der Waals surface area contributed by atoms with Crippen molar-refractivity contribution in [2.24, 2.45) is 0 Å². The maximum absolute atomic E-state index is 11.0. The summed E-state index contributed by atoms with van der Waals surface area (Å²) in [6.45, 7) is 1.54. The van der Waals surface area contributed by atoms with Crippen LogP contribution in [-0.4, -0.2) is 15.8 Å². The molecule has 0 aliphatic rings. The van der Waals surface area contributed by atoms with Crippen LogP contribution in [0.25, 0.3) is 10.9 Å². The lowest BCUT2D eigenvalue weighted by Crippen LogP contribution is -1.89. The van der Waals surface area contributed by atoms with Crippen molar-refractivity contribution in [2.45, 2.75) is 6.92 Å². The van der Waals surface area contributed by atoms with Crippen LogP contribution in [0.2, 0.25) is 0 Å². The van der Waals surface area contributed by atoms with Crippen LogP contribution in [0, 0.1) is 0 Å². The first-order chi connectivity index (χ1) is 5.77. The largest absolute Gasteiger partial charge is 0.352 e. The van der Waals surface area contributed by atoms with E-state index in [1.54, 1.807) is 12.4 Å². The number of pyridine rings is 1. The van der Waals surface area contributed by atoms with Crippen molar-refractivity contribution in [3.63, 3.8) is 0 Å². The first-order valence-corrected chi connectivity index (χ1v) is 3.71. The average Bonchev–Trinajstić information content (AvgIpc) is 2.46. The van der Waals surface area contributed by atoms with Gasteiger partial charge in [-0.1, -0.05) is 0 Å². The van der Waals surface area contributed by atoms with Gasteiger partial charge in [0.05, 0.1) is 5.69 Å². The Kier molecular flexibility index (Phi) is 1.43. The number of hydrogen-bond acceptors (Lipinski definition) is 2. The summed E-state index contributed by atoms with van der Waals surface area (Å²) in [6, 6.07) is 3.66. The summed E-state index contributed by atoms with van der Waals surface area (Å²) in [5, 5.41) is 0.975. The van der Waals surface area contributed by atoms with Crippen molar-refractivity contribution < 1.29 is 4.79 Å². The third-order valence-corrected chi connectivity index (χ3v) is 1.80. The zero-order chi connectivity index (χ0) is 8.55. The van der Waals surface area contributed by atoms with Gasteiger partial charge < -0.3 is 4.98 Å². The Morgan fingerprint density at radius 3 is 3.08 bits per heavy atom. The molecule has 0 bridgehead atoms. The molecule has 3 heteroatoms. The molecule has 0 atom stereocenters. The number of nitrogens with zero attached hydrogens (tertiary/aromatic N) is 1. The van der Waals surface area contributed by atoms with Gasteiger partial charge in [-0.2, -0.15) is 0 Å². The second kappa shape index (κ2) is 2.44. The third-order valence-electron chi connectivity index (χ3n) is 1.80. The summed E-state index contributed by atoms with van der Waals surface area (Å²) in [5.41, 5.74) is 1.59. The van der Waals surface area contributed by atoms with E-state index in [0.29, 0.717) is 5.69 Å². The highest BCUT2D eigenvalue weighted by molar-refractivity contribution is 5.97. The van der Waals surface area contributed by atoms with Crippen molar-refractivity contribution in [3.05, 3.63) is 30.2 Å². The number of ketones is 1. The van der Waals surface area contributed by atoms with Crippen molar-refractivity contribution in [1.29, 1.82) is 0 Å². The predicted octanol–water partition coefficient (Wildman–Crippen LogP) is 1.77. The van der Waals surface area contributed by atoms with Gasteiger partial charge in [0.2, 0.25) is 0 Å². The number of carbonyl (C=O) groups is 1. The van der Waals surface area contributed by atoms with Crippen LogP contribution in [0.15, 0.2) is 24.5 Å². The minimum absolute atomic E-state index is 0.0474. The van der Waals surface area contributed by atoms with Gasteiger partial charge in [0.25, 0.3) is 0 Å². The molecule has 0 amide bonds. The van der Waals surface area contributed by atoms with Crippen LogP contribution in [0.3, 0.4) is 0 Å². The van der Waals surface area contributed by atoms with Crippen LogP contribution in [0.4, 0.5) is 0 Å². The van der Waals surface area contributed by atoms with Gasteiger partial charge in [0.15, 0.2) is 5.78 Å². The molecule has 60 valence electrons. The van der Waals surface area contributed by atoms with Crippen molar-refractivity contribution in [2.75, 3.05) is 0 Å². The van der Waals surface area contributed by atoms with E-state index < -0.39 is 0 Å². The quantitative estimate of drug-likeness (QED) is 0.646. The number of nitrogens with one attached hydrogen (secondary N) is 1. The van der Waals surface area contributed by atoms with Gasteiger partial charge in [-0.05, 0) is 12.1 Å². The van der Waals surface area contributed by atoms with Gasteiger partial charge in [0, 0.05) is 30.2 Å². The SMILES string of the molecule is CC(=O)c1cc2cnccc2[nH]1. The lowest BCUT2D eigenvalue weighted by Gasteiger charge is -1.84. The molecule has 0 aromatic carbocycles. The van der Waals surface area contributed by atoms with Crippen molar-refractivity contribution >= 4 is 16.7 Å². The van der Waals surface area contributed by atoms with Crippen molar-refractivity contribution in [3.8, 4) is 0 Å². The maximum Gasteiger partial charge on any atom is 0.175 e. The molecular formula is C9H8N2O. The minimum Gasteiger partial charge on any atom is -0.352 e. The molecule has 3 nitrogen and oxygen atoms in total. The molecule has 0 fully saturated rings. The number of Topliss-reactive ketones (excluding diaryl/α,β-unsaturated/α-hetero) is 1. The van der Waals surface area contributed by atoms with Crippen LogP contribution >= 0.6 is 0 Å². The number of rotatable bonds is 1. The molecule has 0 unspecified atom stereocenters. The number of carbonyl (C=O) groups excluding carboxylic acids is 1. The highest BCUT2D eigenvalue weighted by atomic mass is 16.1. The molecule has 2 heterocycles. The Bertz CT molecular complexity index is 398. The Balaban J connectivity index is 2.70.